The second kappa shape index (κ2) is 8.96. The number of carbonyl (C=O) groups is 2. The van der Waals surface area contributed by atoms with Gasteiger partial charge in [0.15, 0.2) is 4.34 Å². The van der Waals surface area contributed by atoms with Gasteiger partial charge in [-0.05, 0) is 44.6 Å². The van der Waals surface area contributed by atoms with E-state index in [-0.39, 0.29) is 11.8 Å². The molecule has 1 aliphatic rings. The fourth-order valence-electron chi connectivity index (χ4n) is 3.16. The first-order valence-corrected chi connectivity index (χ1v) is 11.3. The summed E-state index contributed by atoms with van der Waals surface area (Å²) in [6.45, 7) is 4.23. The molecule has 2 aromatic heterocycles. The van der Waals surface area contributed by atoms with Gasteiger partial charge in [-0.25, -0.2) is 0 Å². The third kappa shape index (κ3) is 5.05. The van der Waals surface area contributed by atoms with Crippen molar-refractivity contribution in [2.24, 2.45) is 0 Å². The Kier molecular flexibility index (Phi) is 6.66. The summed E-state index contributed by atoms with van der Waals surface area (Å²) >= 11 is 4.24. The number of nitrogens with one attached hydrogen (secondary N) is 1. The number of hydrogen-bond donors (Lipinski definition) is 1. The fraction of sp³-hybridized carbons (Fsp3) is 0.529. The van der Waals surface area contributed by atoms with Gasteiger partial charge in [-0.3, -0.25) is 9.59 Å². The van der Waals surface area contributed by atoms with E-state index >= 15 is 0 Å². The quantitative estimate of drug-likeness (QED) is 0.581. The van der Waals surface area contributed by atoms with Crippen LogP contribution in [0.4, 0.5) is 5.13 Å². The summed E-state index contributed by atoms with van der Waals surface area (Å²) in [6, 6.07) is 4.45. The zero-order valence-corrected chi connectivity index (χ0v) is 17.3. The lowest BCUT2D eigenvalue weighted by molar-refractivity contribution is -0.134. The molecule has 0 bridgehead atoms. The minimum absolute atomic E-state index is 0.104. The van der Waals surface area contributed by atoms with Gasteiger partial charge in [0.2, 0.25) is 16.9 Å². The van der Waals surface area contributed by atoms with Gasteiger partial charge in [0, 0.05) is 17.0 Å². The highest BCUT2D eigenvalue weighted by atomic mass is 32.2. The number of hydrogen-bond acceptors (Lipinski definition) is 7. The number of likely N-dealkylation sites (tertiary alicyclic amines) is 1. The van der Waals surface area contributed by atoms with Crippen molar-refractivity contribution in [1.82, 2.24) is 15.1 Å². The SMILES string of the molecule is C[C@@H]1CCC[C@H](C)N1C(=O)CSc1nnc(NC(=O)Cc2cccs2)s1. The van der Waals surface area contributed by atoms with E-state index in [9.17, 15) is 9.59 Å². The van der Waals surface area contributed by atoms with Gasteiger partial charge < -0.3 is 10.2 Å². The second-order valence-electron chi connectivity index (χ2n) is 6.40. The third-order valence-electron chi connectivity index (χ3n) is 4.37. The molecule has 26 heavy (non-hydrogen) atoms. The van der Waals surface area contributed by atoms with Crippen molar-refractivity contribution in [3.63, 3.8) is 0 Å². The van der Waals surface area contributed by atoms with Crippen LogP contribution in [0.15, 0.2) is 21.9 Å². The standard InChI is InChI=1S/C17H22N4O2S3/c1-11-5-3-6-12(2)21(11)15(23)10-25-17-20-19-16(26-17)18-14(22)9-13-7-4-8-24-13/h4,7-8,11-12H,3,5-6,9-10H2,1-2H3,(H,18,19,22)/t11-,12+. The maximum atomic E-state index is 12.5. The zero-order chi connectivity index (χ0) is 18.5. The summed E-state index contributed by atoms with van der Waals surface area (Å²) < 4.78 is 0.696. The highest BCUT2D eigenvalue weighted by Gasteiger charge is 2.28. The Morgan fingerprint density at radius 1 is 1.31 bits per heavy atom. The molecular weight excluding hydrogens is 388 g/mol. The molecule has 2 amide bonds. The second-order valence-corrected chi connectivity index (χ2v) is 9.63. The van der Waals surface area contributed by atoms with Crippen molar-refractivity contribution in [1.29, 1.82) is 0 Å². The number of nitrogens with zero attached hydrogens (tertiary/aromatic N) is 3. The van der Waals surface area contributed by atoms with Crippen molar-refractivity contribution >= 4 is 51.4 Å². The van der Waals surface area contributed by atoms with Gasteiger partial charge in [-0.15, -0.1) is 21.5 Å². The predicted octanol–water partition coefficient (Wildman–Crippen LogP) is 3.66. The first kappa shape index (κ1) is 19.3. The van der Waals surface area contributed by atoms with E-state index in [0.29, 0.717) is 33.7 Å². The van der Waals surface area contributed by atoms with Crippen LogP contribution >= 0.6 is 34.4 Å². The number of anilines is 1. The van der Waals surface area contributed by atoms with Gasteiger partial charge >= 0.3 is 0 Å². The molecule has 0 spiro atoms. The van der Waals surface area contributed by atoms with Crippen LogP contribution in [-0.4, -0.2) is 44.7 Å². The lowest BCUT2D eigenvalue weighted by atomic mass is 9.98. The van der Waals surface area contributed by atoms with Crippen molar-refractivity contribution in [2.45, 2.75) is 56.0 Å². The fourth-order valence-corrected chi connectivity index (χ4v) is 5.51. The van der Waals surface area contributed by atoms with Gasteiger partial charge in [0.05, 0.1) is 12.2 Å². The molecule has 0 saturated carbocycles. The van der Waals surface area contributed by atoms with E-state index in [4.69, 9.17) is 0 Å². The topological polar surface area (TPSA) is 75.2 Å². The molecule has 0 unspecified atom stereocenters. The Balaban J connectivity index is 1.49. The molecule has 1 N–H and O–H groups in total. The number of amides is 2. The molecule has 0 aromatic carbocycles. The van der Waals surface area contributed by atoms with Crippen LogP contribution in [0.1, 0.15) is 38.0 Å². The lowest BCUT2D eigenvalue weighted by Gasteiger charge is -2.39. The zero-order valence-electron chi connectivity index (χ0n) is 14.8. The number of rotatable bonds is 6. The molecule has 0 aliphatic carbocycles. The van der Waals surface area contributed by atoms with Crippen LogP contribution in [0.25, 0.3) is 0 Å². The largest absolute Gasteiger partial charge is 0.337 e. The van der Waals surface area contributed by atoms with Crippen LogP contribution < -0.4 is 5.32 Å². The van der Waals surface area contributed by atoms with Gasteiger partial charge in [0.25, 0.3) is 0 Å². The van der Waals surface area contributed by atoms with Gasteiger partial charge in [-0.2, -0.15) is 0 Å². The van der Waals surface area contributed by atoms with E-state index in [0.717, 1.165) is 17.7 Å². The number of piperidine rings is 1. The predicted molar refractivity (Wildman–Crippen MR) is 107 cm³/mol. The average molecular weight is 411 g/mol. The molecule has 3 heterocycles. The summed E-state index contributed by atoms with van der Waals surface area (Å²) in [4.78, 5) is 27.6. The first-order chi connectivity index (χ1) is 12.5. The van der Waals surface area contributed by atoms with Crippen LogP contribution in [0.3, 0.4) is 0 Å². The van der Waals surface area contributed by atoms with Crippen LogP contribution in [-0.2, 0) is 16.0 Å². The van der Waals surface area contributed by atoms with Crippen molar-refractivity contribution < 1.29 is 9.59 Å². The Bertz CT molecular complexity index is 737. The van der Waals surface area contributed by atoms with Gasteiger partial charge in [0.1, 0.15) is 0 Å². The van der Waals surface area contributed by atoms with E-state index < -0.39 is 0 Å². The molecule has 140 valence electrons. The summed E-state index contributed by atoms with van der Waals surface area (Å²) in [5.41, 5.74) is 0. The number of aromatic nitrogens is 2. The maximum Gasteiger partial charge on any atom is 0.233 e. The van der Waals surface area contributed by atoms with Crippen molar-refractivity contribution in [3.05, 3.63) is 22.4 Å². The lowest BCUT2D eigenvalue weighted by Crippen LogP contribution is -2.48. The normalized spacial score (nSPS) is 20.2. The minimum Gasteiger partial charge on any atom is -0.337 e. The van der Waals surface area contributed by atoms with Crippen molar-refractivity contribution in [3.8, 4) is 0 Å². The molecule has 3 rings (SSSR count). The highest BCUT2D eigenvalue weighted by Crippen LogP contribution is 2.28. The summed E-state index contributed by atoms with van der Waals surface area (Å²) in [7, 11) is 0. The Morgan fingerprint density at radius 3 is 2.77 bits per heavy atom. The first-order valence-electron chi connectivity index (χ1n) is 8.62. The monoisotopic (exact) mass is 410 g/mol. The molecule has 0 radical (unpaired) electrons. The molecule has 2 aromatic rings. The van der Waals surface area contributed by atoms with Crippen molar-refractivity contribution in [2.75, 3.05) is 11.1 Å². The van der Waals surface area contributed by atoms with Crippen LogP contribution in [0, 0.1) is 0 Å². The summed E-state index contributed by atoms with van der Waals surface area (Å²) in [5, 5.41) is 13.3. The third-order valence-corrected chi connectivity index (χ3v) is 7.20. The van der Waals surface area contributed by atoms with E-state index in [1.54, 1.807) is 11.3 Å². The average Bonchev–Trinajstić information content (AvgIpc) is 3.24. The van der Waals surface area contributed by atoms with Crippen LogP contribution in [0.2, 0.25) is 0 Å². The van der Waals surface area contributed by atoms with E-state index in [1.165, 1.54) is 29.5 Å². The van der Waals surface area contributed by atoms with E-state index in [1.807, 2.05) is 22.4 Å². The molecule has 6 nitrogen and oxygen atoms in total. The molecular formula is C17H22N4O2S3. The van der Waals surface area contributed by atoms with Crippen LogP contribution in [0.5, 0.6) is 0 Å². The molecule has 9 heteroatoms. The Labute approximate surface area is 165 Å². The van der Waals surface area contributed by atoms with E-state index in [2.05, 4.69) is 29.4 Å². The smallest absolute Gasteiger partial charge is 0.233 e. The number of thiophene rings is 1. The molecule has 1 saturated heterocycles. The minimum atomic E-state index is -0.104. The Hall–Kier alpha value is -1.45. The summed E-state index contributed by atoms with van der Waals surface area (Å²) in [5.74, 6) is 0.396. The summed E-state index contributed by atoms with van der Waals surface area (Å²) in [6.07, 6.45) is 3.66. The maximum absolute atomic E-state index is 12.5. The number of carbonyl (C=O) groups excluding carboxylic acids is 2. The molecule has 2 atom stereocenters. The molecule has 1 aliphatic heterocycles. The van der Waals surface area contributed by atoms with Gasteiger partial charge in [-0.1, -0.05) is 29.2 Å². The number of thioether (sulfide) groups is 1. The molecule has 1 fully saturated rings. The Morgan fingerprint density at radius 2 is 2.08 bits per heavy atom. The highest BCUT2D eigenvalue weighted by molar-refractivity contribution is 8.01.